The summed E-state index contributed by atoms with van der Waals surface area (Å²) in [6.07, 6.45) is 5.41. The molecule has 0 bridgehead atoms. The van der Waals surface area contributed by atoms with Crippen molar-refractivity contribution in [1.29, 1.82) is 0 Å². The van der Waals surface area contributed by atoms with Crippen molar-refractivity contribution in [1.82, 2.24) is 25.1 Å². The molecule has 4 heterocycles. The number of nitrogens with zero attached hydrogens (tertiary/aromatic N) is 3. The molecule has 0 saturated carbocycles. The highest BCUT2D eigenvalue weighted by Crippen LogP contribution is 2.27. The van der Waals surface area contributed by atoms with Gasteiger partial charge in [0.15, 0.2) is 0 Å². The molecule has 0 aliphatic carbocycles. The molecule has 4 rings (SSSR count). The highest BCUT2D eigenvalue weighted by Gasteiger charge is 2.38. The van der Waals surface area contributed by atoms with Crippen LogP contribution < -0.4 is 5.32 Å². The first kappa shape index (κ1) is 15.1. The van der Waals surface area contributed by atoms with Crippen molar-refractivity contribution in [2.75, 3.05) is 26.2 Å². The zero-order valence-electron chi connectivity index (χ0n) is 14.0. The predicted molar refractivity (Wildman–Crippen MR) is 88.1 cm³/mol. The number of nitrogens with one attached hydrogen (secondary N) is 2. The number of imidazole rings is 1. The number of amides is 1. The molecular formula is C17H27N5O. The number of likely N-dealkylation sites (tertiary alicyclic amines) is 1. The van der Waals surface area contributed by atoms with Gasteiger partial charge in [-0.3, -0.25) is 9.69 Å². The van der Waals surface area contributed by atoms with Gasteiger partial charge in [0.1, 0.15) is 5.82 Å². The third-order valence-corrected chi connectivity index (χ3v) is 5.62. The van der Waals surface area contributed by atoms with E-state index in [2.05, 4.69) is 20.2 Å². The second-order valence-corrected chi connectivity index (χ2v) is 7.13. The van der Waals surface area contributed by atoms with E-state index in [9.17, 15) is 4.79 Å². The Hall–Kier alpha value is -1.40. The van der Waals surface area contributed by atoms with E-state index in [1.165, 1.54) is 12.8 Å². The number of H-pyrrole nitrogens is 1. The monoisotopic (exact) mass is 317 g/mol. The van der Waals surface area contributed by atoms with Crippen LogP contribution >= 0.6 is 0 Å². The third kappa shape index (κ3) is 2.90. The molecule has 2 saturated heterocycles. The second kappa shape index (κ2) is 6.24. The summed E-state index contributed by atoms with van der Waals surface area (Å²) in [5.41, 5.74) is 2.28. The summed E-state index contributed by atoms with van der Waals surface area (Å²) in [6.45, 7) is 6.76. The van der Waals surface area contributed by atoms with Crippen molar-refractivity contribution in [2.24, 2.45) is 0 Å². The van der Waals surface area contributed by atoms with Crippen molar-refractivity contribution < 1.29 is 4.79 Å². The van der Waals surface area contributed by atoms with E-state index in [1.54, 1.807) is 0 Å². The summed E-state index contributed by atoms with van der Waals surface area (Å²) in [6, 6.07) is 0.686. The van der Waals surface area contributed by atoms with Crippen LogP contribution in [0.25, 0.3) is 0 Å². The number of aromatic amines is 1. The lowest BCUT2D eigenvalue weighted by molar-refractivity contribution is -0.138. The fourth-order valence-electron chi connectivity index (χ4n) is 4.47. The van der Waals surface area contributed by atoms with Gasteiger partial charge < -0.3 is 15.2 Å². The molecule has 0 spiro atoms. The van der Waals surface area contributed by atoms with Gasteiger partial charge in [-0.05, 0) is 52.2 Å². The fourth-order valence-corrected chi connectivity index (χ4v) is 4.47. The van der Waals surface area contributed by atoms with Gasteiger partial charge in [-0.2, -0.15) is 0 Å². The van der Waals surface area contributed by atoms with Crippen molar-refractivity contribution in [3.05, 3.63) is 17.2 Å². The maximum atomic E-state index is 13.1. The van der Waals surface area contributed by atoms with Crippen LogP contribution in [0.1, 0.15) is 42.9 Å². The minimum Gasteiger partial charge on any atom is -0.344 e. The van der Waals surface area contributed by atoms with Crippen LogP contribution in [0.15, 0.2) is 0 Å². The van der Waals surface area contributed by atoms with E-state index in [1.807, 2.05) is 11.8 Å². The van der Waals surface area contributed by atoms with E-state index in [4.69, 9.17) is 0 Å². The molecule has 0 unspecified atom stereocenters. The van der Waals surface area contributed by atoms with Gasteiger partial charge in [0.2, 0.25) is 5.91 Å². The lowest BCUT2D eigenvalue weighted by Gasteiger charge is -2.37. The molecule has 2 fully saturated rings. The van der Waals surface area contributed by atoms with Crippen molar-refractivity contribution in [3.63, 3.8) is 0 Å². The van der Waals surface area contributed by atoms with Crippen LogP contribution in [0.2, 0.25) is 0 Å². The van der Waals surface area contributed by atoms with Crippen molar-refractivity contribution >= 4 is 5.91 Å². The Balaban J connectivity index is 1.45. The predicted octanol–water partition coefficient (Wildman–Crippen LogP) is 0.819. The molecule has 1 atom stereocenters. The molecule has 1 aromatic heterocycles. The maximum Gasteiger partial charge on any atom is 0.240 e. The van der Waals surface area contributed by atoms with Gasteiger partial charge in [0.05, 0.1) is 24.0 Å². The summed E-state index contributed by atoms with van der Waals surface area (Å²) < 4.78 is 0. The minimum atomic E-state index is 0.101. The normalized spacial score (nSPS) is 26.5. The first-order valence-corrected chi connectivity index (χ1v) is 9.02. The number of aromatic nitrogens is 2. The number of carbonyl (C=O) groups is 1. The highest BCUT2D eigenvalue weighted by atomic mass is 16.2. The van der Waals surface area contributed by atoms with Gasteiger partial charge in [-0.25, -0.2) is 4.98 Å². The number of fused-ring (bicyclic) bond motifs is 1. The lowest BCUT2D eigenvalue weighted by atomic mass is 10.0. The molecule has 6 nitrogen and oxygen atoms in total. The molecule has 1 amide bonds. The molecule has 6 heteroatoms. The van der Waals surface area contributed by atoms with Crippen molar-refractivity contribution in [3.8, 4) is 0 Å². The zero-order valence-corrected chi connectivity index (χ0v) is 14.0. The van der Waals surface area contributed by atoms with Crippen LogP contribution in [0.4, 0.5) is 0 Å². The smallest absolute Gasteiger partial charge is 0.240 e. The Labute approximate surface area is 137 Å². The SMILES string of the molecule is Cc1nc2c([nH]1)CN(C(=O)[C@@H]1CCCN1C1CCNCC1)CC2. The van der Waals surface area contributed by atoms with E-state index in [-0.39, 0.29) is 6.04 Å². The van der Waals surface area contributed by atoms with Gasteiger partial charge in [0.25, 0.3) is 0 Å². The number of hydrogen-bond donors (Lipinski definition) is 2. The molecule has 3 aliphatic heterocycles. The summed E-state index contributed by atoms with van der Waals surface area (Å²) in [5, 5.41) is 3.43. The van der Waals surface area contributed by atoms with Gasteiger partial charge >= 0.3 is 0 Å². The molecule has 23 heavy (non-hydrogen) atoms. The molecular weight excluding hydrogens is 290 g/mol. The van der Waals surface area contributed by atoms with Crippen molar-refractivity contribution in [2.45, 2.75) is 57.7 Å². The van der Waals surface area contributed by atoms with Crippen LogP contribution in [-0.4, -0.2) is 63.9 Å². The summed E-state index contributed by atoms with van der Waals surface area (Å²) >= 11 is 0. The van der Waals surface area contributed by atoms with Crippen LogP contribution in [0.5, 0.6) is 0 Å². The van der Waals surface area contributed by atoms with Crippen LogP contribution in [0, 0.1) is 6.92 Å². The zero-order chi connectivity index (χ0) is 15.8. The number of hydrogen-bond acceptors (Lipinski definition) is 4. The lowest BCUT2D eigenvalue weighted by Crippen LogP contribution is -2.52. The average molecular weight is 317 g/mol. The van der Waals surface area contributed by atoms with E-state index in [0.717, 1.165) is 62.7 Å². The number of rotatable bonds is 2. The Kier molecular flexibility index (Phi) is 4.11. The van der Waals surface area contributed by atoms with E-state index in [0.29, 0.717) is 18.5 Å². The molecule has 0 radical (unpaired) electrons. The standard InChI is InChI=1S/C17H27N5O/c1-12-19-14-6-10-21(11-15(14)20-12)17(23)16-3-2-9-22(16)13-4-7-18-8-5-13/h13,16,18H,2-11H2,1H3,(H,19,20)/t16-/m0/s1. The molecule has 0 aromatic carbocycles. The van der Waals surface area contributed by atoms with Gasteiger partial charge in [-0.15, -0.1) is 0 Å². The van der Waals surface area contributed by atoms with Crippen LogP contribution in [-0.2, 0) is 17.8 Å². The molecule has 2 N–H and O–H groups in total. The minimum absolute atomic E-state index is 0.101. The quantitative estimate of drug-likeness (QED) is 0.848. The average Bonchev–Trinajstić information content (AvgIpc) is 3.19. The van der Waals surface area contributed by atoms with Gasteiger partial charge in [0, 0.05) is 19.0 Å². The maximum absolute atomic E-state index is 13.1. The van der Waals surface area contributed by atoms with Gasteiger partial charge in [-0.1, -0.05) is 0 Å². The Morgan fingerprint density at radius 3 is 2.87 bits per heavy atom. The summed E-state index contributed by atoms with van der Waals surface area (Å²) in [7, 11) is 0. The number of piperidine rings is 1. The highest BCUT2D eigenvalue weighted by molar-refractivity contribution is 5.82. The number of aryl methyl sites for hydroxylation is 1. The summed E-state index contributed by atoms with van der Waals surface area (Å²) in [5.74, 6) is 1.29. The Bertz CT molecular complexity index is 578. The van der Waals surface area contributed by atoms with E-state index < -0.39 is 0 Å². The third-order valence-electron chi connectivity index (χ3n) is 5.62. The largest absolute Gasteiger partial charge is 0.344 e. The molecule has 1 aromatic rings. The second-order valence-electron chi connectivity index (χ2n) is 7.13. The van der Waals surface area contributed by atoms with E-state index >= 15 is 0 Å². The number of carbonyl (C=O) groups excluding carboxylic acids is 1. The topological polar surface area (TPSA) is 64.3 Å². The van der Waals surface area contributed by atoms with Crippen LogP contribution in [0.3, 0.4) is 0 Å². The molecule has 126 valence electrons. The summed E-state index contributed by atoms with van der Waals surface area (Å²) in [4.78, 5) is 25.5. The molecule has 3 aliphatic rings. The fraction of sp³-hybridized carbons (Fsp3) is 0.765. The Morgan fingerprint density at radius 1 is 1.22 bits per heavy atom. The first-order valence-electron chi connectivity index (χ1n) is 9.02. The first-order chi connectivity index (χ1) is 11.2. The Morgan fingerprint density at radius 2 is 2.04 bits per heavy atom.